The van der Waals surface area contributed by atoms with Crippen molar-refractivity contribution in [2.75, 3.05) is 11.9 Å². The standard InChI is InChI=1S/C23H22N4O/c1-17(28)19-10-5-11-20(15-19)21-16-26-22(23-25-13-14-27(21)23)24-12-6-9-18-7-3-2-4-8-18/h2-5,7-8,10-11,13-16H,6,9,12H2,1H3,(H,24,26). The maximum Gasteiger partial charge on any atom is 0.180 e. The predicted octanol–water partition coefficient (Wildman–Crippen LogP) is 4.64. The van der Waals surface area contributed by atoms with Gasteiger partial charge in [0.25, 0.3) is 0 Å². The molecule has 0 bridgehead atoms. The van der Waals surface area contributed by atoms with Crippen LogP contribution in [-0.4, -0.2) is 26.7 Å². The molecule has 0 fully saturated rings. The molecule has 140 valence electrons. The molecule has 4 aromatic rings. The number of Topliss-reactive ketones (excluding diaryl/α,β-unsaturated/α-hetero) is 1. The highest BCUT2D eigenvalue weighted by Crippen LogP contribution is 2.24. The zero-order valence-corrected chi connectivity index (χ0v) is 15.8. The maximum atomic E-state index is 11.7. The number of nitrogens with zero attached hydrogens (tertiary/aromatic N) is 3. The molecule has 0 spiro atoms. The van der Waals surface area contributed by atoms with Crippen LogP contribution >= 0.6 is 0 Å². The third-order valence-corrected chi connectivity index (χ3v) is 4.77. The zero-order chi connectivity index (χ0) is 19.3. The van der Waals surface area contributed by atoms with Crippen molar-refractivity contribution in [3.05, 3.63) is 84.3 Å². The Bertz CT molecular complexity index is 1100. The summed E-state index contributed by atoms with van der Waals surface area (Å²) in [5, 5.41) is 3.40. The molecule has 2 heterocycles. The van der Waals surface area contributed by atoms with Crippen molar-refractivity contribution in [2.24, 2.45) is 0 Å². The van der Waals surface area contributed by atoms with E-state index in [1.165, 1.54) is 5.56 Å². The van der Waals surface area contributed by atoms with Gasteiger partial charge in [-0.25, -0.2) is 9.97 Å². The number of anilines is 1. The normalized spacial score (nSPS) is 10.9. The number of rotatable bonds is 7. The molecule has 1 N–H and O–H groups in total. The average Bonchev–Trinajstić information content (AvgIpc) is 3.22. The quantitative estimate of drug-likeness (QED) is 0.380. The fraction of sp³-hybridized carbons (Fsp3) is 0.174. The molecule has 2 aromatic heterocycles. The number of imidazole rings is 1. The minimum absolute atomic E-state index is 0.0494. The van der Waals surface area contributed by atoms with Crippen LogP contribution < -0.4 is 5.32 Å². The Morgan fingerprint density at radius 3 is 2.75 bits per heavy atom. The second-order valence-corrected chi connectivity index (χ2v) is 6.77. The molecule has 2 aromatic carbocycles. The van der Waals surface area contributed by atoms with E-state index in [2.05, 4.69) is 39.6 Å². The molecule has 5 heteroatoms. The molecular formula is C23H22N4O. The summed E-state index contributed by atoms with van der Waals surface area (Å²) < 4.78 is 2.01. The van der Waals surface area contributed by atoms with Crippen molar-refractivity contribution >= 4 is 17.2 Å². The Morgan fingerprint density at radius 2 is 1.93 bits per heavy atom. The third-order valence-electron chi connectivity index (χ3n) is 4.77. The summed E-state index contributed by atoms with van der Waals surface area (Å²) in [7, 11) is 0. The second kappa shape index (κ2) is 8.05. The van der Waals surface area contributed by atoms with Crippen molar-refractivity contribution < 1.29 is 4.79 Å². The van der Waals surface area contributed by atoms with Crippen molar-refractivity contribution in [3.63, 3.8) is 0 Å². The minimum Gasteiger partial charge on any atom is -0.367 e. The van der Waals surface area contributed by atoms with Crippen LogP contribution in [0.15, 0.2) is 73.2 Å². The van der Waals surface area contributed by atoms with E-state index in [0.717, 1.165) is 42.1 Å². The van der Waals surface area contributed by atoms with Crippen LogP contribution in [0.5, 0.6) is 0 Å². The summed E-state index contributed by atoms with van der Waals surface area (Å²) in [5.41, 5.74) is 4.66. The second-order valence-electron chi connectivity index (χ2n) is 6.77. The Morgan fingerprint density at radius 1 is 1.07 bits per heavy atom. The molecule has 0 radical (unpaired) electrons. The summed E-state index contributed by atoms with van der Waals surface area (Å²) in [5.74, 6) is 0.818. The largest absolute Gasteiger partial charge is 0.367 e. The molecule has 0 atom stereocenters. The monoisotopic (exact) mass is 370 g/mol. The van der Waals surface area contributed by atoms with Crippen LogP contribution in [0.1, 0.15) is 29.3 Å². The van der Waals surface area contributed by atoms with E-state index >= 15 is 0 Å². The van der Waals surface area contributed by atoms with E-state index in [1.54, 1.807) is 13.1 Å². The molecule has 0 aliphatic rings. The van der Waals surface area contributed by atoms with Crippen LogP contribution in [0.3, 0.4) is 0 Å². The SMILES string of the molecule is CC(=O)c1cccc(-c2cnc(NCCCc3ccccc3)c3nccn23)c1. The highest BCUT2D eigenvalue weighted by molar-refractivity contribution is 5.95. The summed E-state index contributed by atoms with van der Waals surface area (Å²) in [6.45, 7) is 2.40. The number of benzene rings is 2. The van der Waals surface area contributed by atoms with Gasteiger partial charge in [0.1, 0.15) is 0 Å². The van der Waals surface area contributed by atoms with E-state index in [0.29, 0.717) is 5.56 Å². The van der Waals surface area contributed by atoms with Crippen LogP contribution in [0.2, 0.25) is 0 Å². The fourth-order valence-electron chi connectivity index (χ4n) is 3.30. The van der Waals surface area contributed by atoms with E-state index < -0.39 is 0 Å². The number of fused-ring (bicyclic) bond motifs is 1. The van der Waals surface area contributed by atoms with Gasteiger partial charge < -0.3 is 5.32 Å². The molecule has 0 unspecified atom stereocenters. The first kappa shape index (κ1) is 17.9. The van der Waals surface area contributed by atoms with Gasteiger partial charge in [-0.05, 0) is 31.4 Å². The smallest absolute Gasteiger partial charge is 0.180 e. The number of hydrogen-bond acceptors (Lipinski definition) is 4. The van der Waals surface area contributed by atoms with Crippen molar-refractivity contribution in [3.8, 4) is 11.3 Å². The lowest BCUT2D eigenvalue weighted by molar-refractivity contribution is 0.101. The maximum absolute atomic E-state index is 11.7. The first-order valence-electron chi connectivity index (χ1n) is 9.43. The van der Waals surface area contributed by atoms with Gasteiger partial charge in [-0.2, -0.15) is 0 Å². The minimum atomic E-state index is 0.0494. The molecule has 0 amide bonds. The average molecular weight is 370 g/mol. The Labute approximate surface area is 164 Å². The number of aromatic nitrogens is 3. The Hall–Kier alpha value is -3.47. The lowest BCUT2D eigenvalue weighted by Crippen LogP contribution is -2.07. The van der Waals surface area contributed by atoms with E-state index in [1.807, 2.05) is 47.1 Å². The van der Waals surface area contributed by atoms with Crippen LogP contribution in [-0.2, 0) is 6.42 Å². The van der Waals surface area contributed by atoms with Gasteiger partial charge in [-0.15, -0.1) is 0 Å². The molecule has 0 saturated heterocycles. The number of carbonyl (C=O) groups is 1. The number of carbonyl (C=O) groups excluding carboxylic acids is 1. The van der Waals surface area contributed by atoms with E-state index in [9.17, 15) is 4.79 Å². The van der Waals surface area contributed by atoms with Gasteiger partial charge in [0, 0.05) is 30.1 Å². The molecule has 0 aliphatic carbocycles. The lowest BCUT2D eigenvalue weighted by Gasteiger charge is -2.11. The van der Waals surface area contributed by atoms with E-state index in [4.69, 9.17) is 0 Å². The molecular weight excluding hydrogens is 348 g/mol. The summed E-state index contributed by atoms with van der Waals surface area (Å²) in [6.07, 6.45) is 7.55. The fourth-order valence-corrected chi connectivity index (χ4v) is 3.30. The Balaban J connectivity index is 1.53. The molecule has 0 saturated carbocycles. The predicted molar refractivity (Wildman–Crippen MR) is 112 cm³/mol. The molecule has 28 heavy (non-hydrogen) atoms. The number of hydrogen-bond donors (Lipinski definition) is 1. The summed E-state index contributed by atoms with van der Waals surface area (Å²) in [4.78, 5) is 20.8. The number of nitrogens with one attached hydrogen (secondary N) is 1. The van der Waals surface area contributed by atoms with Gasteiger partial charge in [0.2, 0.25) is 0 Å². The first-order valence-corrected chi connectivity index (χ1v) is 9.43. The summed E-state index contributed by atoms with van der Waals surface area (Å²) in [6, 6.07) is 18.1. The lowest BCUT2D eigenvalue weighted by atomic mass is 10.1. The highest BCUT2D eigenvalue weighted by Gasteiger charge is 2.11. The van der Waals surface area contributed by atoms with Crippen LogP contribution in [0.4, 0.5) is 5.82 Å². The van der Waals surface area contributed by atoms with Crippen molar-refractivity contribution in [1.82, 2.24) is 14.4 Å². The molecule has 0 aliphatic heterocycles. The van der Waals surface area contributed by atoms with E-state index in [-0.39, 0.29) is 5.78 Å². The van der Waals surface area contributed by atoms with Gasteiger partial charge in [0.15, 0.2) is 17.2 Å². The van der Waals surface area contributed by atoms with Crippen LogP contribution in [0.25, 0.3) is 16.9 Å². The highest BCUT2D eigenvalue weighted by atomic mass is 16.1. The van der Waals surface area contributed by atoms with Gasteiger partial charge in [-0.3, -0.25) is 9.20 Å². The first-order chi connectivity index (χ1) is 13.7. The van der Waals surface area contributed by atoms with Gasteiger partial charge in [0.05, 0.1) is 11.9 Å². The number of ketones is 1. The topological polar surface area (TPSA) is 59.3 Å². The molecule has 5 nitrogen and oxygen atoms in total. The Kier molecular flexibility index (Phi) is 5.15. The van der Waals surface area contributed by atoms with Crippen LogP contribution in [0, 0.1) is 0 Å². The molecule has 4 rings (SSSR count). The zero-order valence-electron chi connectivity index (χ0n) is 15.8. The summed E-state index contributed by atoms with van der Waals surface area (Å²) >= 11 is 0. The third kappa shape index (κ3) is 3.78. The van der Waals surface area contributed by atoms with Gasteiger partial charge in [-0.1, -0.05) is 48.5 Å². The van der Waals surface area contributed by atoms with Crippen molar-refractivity contribution in [2.45, 2.75) is 19.8 Å². The van der Waals surface area contributed by atoms with Crippen molar-refractivity contribution in [1.29, 1.82) is 0 Å². The number of aryl methyl sites for hydroxylation is 1. The van der Waals surface area contributed by atoms with Gasteiger partial charge >= 0.3 is 0 Å².